The molecule has 2 fully saturated rings. The molecule has 2 heteroatoms. The fraction of sp³-hybridized carbons (Fsp3) is 1.00. The lowest BCUT2D eigenvalue weighted by molar-refractivity contribution is 0.0662. The summed E-state index contributed by atoms with van der Waals surface area (Å²) in [7, 11) is 0. The van der Waals surface area contributed by atoms with E-state index in [4.69, 9.17) is 0 Å². The summed E-state index contributed by atoms with van der Waals surface area (Å²) < 4.78 is 0. The van der Waals surface area contributed by atoms with Gasteiger partial charge in [-0.3, -0.25) is 0 Å². The second kappa shape index (κ2) is 4.43. The minimum Gasteiger partial charge on any atom is -0.393 e. The third-order valence-electron chi connectivity index (χ3n) is 3.64. The van der Waals surface area contributed by atoms with Gasteiger partial charge in [0.25, 0.3) is 0 Å². The van der Waals surface area contributed by atoms with Gasteiger partial charge in [-0.15, -0.1) is 0 Å². The summed E-state index contributed by atoms with van der Waals surface area (Å²) in [5.74, 6) is 0.536. The SMILES string of the molecule is OC1CCCCC1CNC1CCC1. The summed E-state index contributed by atoms with van der Waals surface area (Å²) in [5.41, 5.74) is 0. The molecule has 13 heavy (non-hydrogen) atoms. The Labute approximate surface area is 80.7 Å². The minimum absolute atomic E-state index is 0.0265. The molecule has 0 aromatic rings. The number of hydrogen-bond donors (Lipinski definition) is 2. The normalized spacial score (nSPS) is 35.8. The molecule has 2 N–H and O–H groups in total. The van der Waals surface area contributed by atoms with E-state index in [2.05, 4.69) is 5.32 Å². The fourth-order valence-corrected chi connectivity index (χ4v) is 2.36. The van der Waals surface area contributed by atoms with Gasteiger partial charge in [0.2, 0.25) is 0 Å². The van der Waals surface area contributed by atoms with Crippen molar-refractivity contribution < 1.29 is 5.11 Å². The van der Waals surface area contributed by atoms with E-state index in [1.165, 1.54) is 38.5 Å². The molecule has 0 aliphatic heterocycles. The smallest absolute Gasteiger partial charge is 0.0580 e. The molecule has 2 saturated carbocycles. The van der Waals surface area contributed by atoms with Crippen LogP contribution in [-0.4, -0.2) is 23.8 Å². The zero-order valence-corrected chi connectivity index (χ0v) is 8.34. The van der Waals surface area contributed by atoms with Crippen molar-refractivity contribution in [3.8, 4) is 0 Å². The van der Waals surface area contributed by atoms with Crippen LogP contribution in [0.1, 0.15) is 44.9 Å². The Morgan fingerprint density at radius 1 is 1.00 bits per heavy atom. The summed E-state index contributed by atoms with van der Waals surface area (Å²) in [6.45, 7) is 1.05. The van der Waals surface area contributed by atoms with Gasteiger partial charge in [-0.2, -0.15) is 0 Å². The monoisotopic (exact) mass is 183 g/mol. The standard InChI is InChI=1S/C11H21NO/c13-11-7-2-1-4-9(11)8-12-10-5-3-6-10/h9-13H,1-8H2. The molecule has 0 radical (unpaired) electrons. The molecule has 0 heterocycles. The van der Waals surface area contributed by atoms with E-state index in [0.29, 0.717) is 5.92 Å². The lowest BCUT2D eigenvalue weighted by atomic mass is 9.85. The van der Waals surface area contributed by atoms with Gasteiger partial charge in [-0.1, -0.05) is 19.3 Å². The average molecular weight is 183 g/mol. The molecule has 2 unspecified atom stereocenters. The summed E-state index contributed by atoms with van der Waals surface area (Å²) >= 11 is 0. The molecular formula is C11H21NO. The van der Waals surface area contributed by atoms with E-state index >= 15 is 0 Å². The first kappa shape index (κ1) is 9.47. The third kappa shape index (κ3) is 2.44. The Morgan fingerprint density at radius 2 is 1.77 bits per heavy atom. The second-order valence-corrected chi connectivity index (χ2v) is 4.65. The van der Waals surface area contributed by atoms with Crippen molar-refractivity contribution in [1.82, 2.24) is 5.32 Å². The van der Waals surface area contributed by atoms with E-state index in [9.17, 15) is 5.11 Å². The van der Waals surface area contributed by atoms with Crippen LogP contribution in [0.3, 0.4) is 0 Å². The van der Waals surface area contributed by atoms with Crippen LogP contribution < -0.4 is 5.32 Å². The topological polar surface area (TPSA) is 32.3 Å². The molecule has 2 atom stereocenters. The van der Waals surface area contributed by atoms with Crippen molar-refractivity contribution in [2.75, 3.05) is 6.54 Å². The quantitative estimate of drug-likeness (QED) is 0.697. The highest BCUT2D eigenvalue weighted by atomic mass is 16.3. The summed E-state index contributed by atoms with van der Waals surface area (Å²) in [6, 6.07) is 0.772. The Kier molecular flexibility index (Phi) is 3.23. The molecular weight excluding hydrogens is 162 g/mol. The maximum Gasteiger partial charge on any atom is 0.0580 e. The van der Waals surface area contributed by atoms with E-state index in [1.807, 2.05) is 0 Å². The maximum absolute atomic E-state index is 9.73. The van der Waals surface area contributed by atoms with Gasteiger partial charge in [-0.25, -0.2) is 0 Å². The van der Waals surface area contributed by atoms with Crippen molar-refractivity contribution in [1.29, 1.82) is 0 Å². The molecule has 0 saturated heterocycles. The molecule has 76 valence electrons. The summed E-state index contributed by atoms with van der Waals surface area (Å²) in [4.78, 5) is 0. The van der Waals surface area contributed by atoms with Crippen LogP contribution in [0.15, 0.2) is 0 Å². The van der Waals surface area contributed by atoms with E-state index in [1.54, 1.807) is 0 Å². The molecule has 0 bridgehead atoms. The van der Waals surface area contributed by atoms with Crippen molar-refractivity contribution in [2.24, 2.45) is 5.92 Å². The van der Waals surface area contributed by atoms with Crippen molar-refractivity contribution in [2.45, 2.75) is 57.1 Å². The highest BCUT2D eigenvalue weighted by Gasteiger charge is 2.24. The van der Waals surface area contributed by atoms with Crippen LogP contribution in [0.4, 0.5) is 0 Å². The van der Waals surface area contributed by atoms with Crippen LogP contribution in [0.5, 0.6) is 0 Å². The van der Waals surface area contributed by atoms with Crippen LogP contribution in [-0.2, 0) is 0 Å². The molecule has 2 aliphatic carbocycles. The van der Waals surface area contributed by atoms with E-state index in [-0.39, 0.29) is 6.10 Å². The first-order valence-corrected chi connectivity index (χ1v) is 5.78. The Hall–Kier alpha value is -0.0800. The largest absolute Gasteiger partial charge is 0.393 e. The molecule has 2 nitrogen and oxygen atoms in total. The number of rotatable bonds is 3. The Bertz CT molecular complexity index is 156. The second-order valence-electron chi connectivity index (χ2n) is 4.65. The molecule has 2 rings (SSSR count). The molecule has 0 aromatic carbocycles. The third-order valence-corrected chi connectivity index (χ3v) is 3.64. The van der Waals surface area contributed by atoms with Gasteiger partial charge in [-0.05, 0) is 31.6 Å². The van der Waals surface area contributed by atoms with E-state index in [0.717, 1.165) is 19.0 Å². The lowest BCUT2D eigenvalue weighted by Crippen LogP contribution is -2.41. The van der Waals surface area contributed by atoms with Gasteiger partial charge in [0.15, 0.2) is 0 Å². The van der Waals surface area contributed by atoms with Crippen LogP contribution in [0, 0.1) is 5.92 Å². The zero-order chi connectivity index (χ0) is 9.10. The molecule has 2 aliphatic rings. The lowest BCUT2D eigenvalue weighted by Gasteiger charge is -2.32. The van der Waals surface area contributed by atoms with E-state index < -0.39 is 0 Å². The maximum atomic E-state index is 9.73. The van der Waals surface area contributed by atoms with Crippen LogP contribution in [0.25, 0.3) is 0 Å². The minimum atomic E-state index is -0.0265. The highest BCUT2D eigenvalue weighted by Crippen LogP contribution is 2.25. The summed E-state index contributed by atoms with van der Waals surface area (Å²) in [6.07, 6.45) is 8.85. The molecule has 0 aromatic heterocycles. The van der Waals surface area contributed by atoms with Gasteiger partial charge in [0.1, 0.15) is 0 Å². The van der Waals surface area contributed by atoms with Crippen LogP contribution >= 0.6 is 0 Å². The van der Waals surface area contributed by atoms with Crippen molar-refractivity contribution in [3.05, 3.63) is 0 Å². The van der Waals surface area contributed by atoms with Crippen molar-refractivity contribution in [3.63, 3.8) is 0 Å². The molecule has 0 spiro atoms. The Morgan fingerprint density at radius 3 is 2.38 bits per heavy atom. The number of aliphatic hydroxyl groups excluding tert-OH is 1. The number of aliphatic hydroxyl groups is 1. The first-order valence-electron chi connectivity index (χ1n) is 5.78. The highest BCUT2D eigenvalue weighted by molar-refractivity contribution is 4.81. The zero-order valence-electron chi connectivity index (χ0n) is 8.34. The molecule has 0 amide bonds. The predicted octanol–water partition coefficient (Wildman–Crippen LogP) is 1.68. The van der Waals surface area contributed by atoms with Gasteiger partial charge in [0.05, 0.1) is 6.10 Å². The summed E-state index contributed by atoms with van der Waals surface area (Å²) in [5, 5.41) is 13.3. The van der Waals surface area contributed by atoms with Crippen LogP contribution in [0.2, 0.25) is 0 Å². The average Bonchev–Trinajstić information content (AvgIpc) is 2.05. The van der Waals surface area contributed by atoms with Gasteiger partial charge in [0, 0.05) is 12.6 Å². The first-order chi connectivity index (χ1) is 6.36. The van der Waals surface area contributed by atoms with Gasteiger partial charge >= 0.3 is 0 Å². The number of nitrogens with one attached hydrogen (secondary N) is 1. The van der Waals surface area contributed by atoms with Crippen molar-refractivity contribution >= 4 is 0 Å². The Balaban J connectivity index is 1.66. The van der Waals surface area contributed by atoms with Gasteiger partial charge < -0.3 is 10.4 Å². The fourth-order valence-electron chi connectivity index (χ4n) is 2.36. The predicted molar refractivity (Wildman–Crippen MR) is 53.6 cm³/mol. The number of hydrogen-bond acceptors (Lipinski definition) is 2.